The molecule has 2 rings (SSSR count). The van der Waals surface area contributed by atoms with Crippen LogP contribution in [0.3, 0.4) is 0 Å². The number of hydrogen-bond donors (Lipinski definition) is 2. The van der Waals surface area contributed by atoms with Crippen molar-refractivity contribution in [3.05, 3.63) is 59.7 Å². The van der Waals surface area contributed by atoms with Crippen LogP contribution in [0.25, 0.3) is 0 Å². The van der Waals surface area contributed by atoms with Gasteiger partial charge in [-0.05, 0) is 38.5 Å². The molecule has 0 atom stereocenters. The lowest BCUT2D eigenvalue weighted by molar-refractivity contribution is -0.121. The molecule has 0 heterocycles. The van der Waals surface area contributed by atoms with Gasteiger partial charge >= 0.3 is 0 Å². The summed E-state index contributed by atoms with van der Waals surface area (Å²) < 4.78 is 5.75. The molecule has 0 saturated carbocycles. The Kier molecular flexibility index (Phi) is 6.67. The Balaban J connectivity index is 1.75. The van der Waals surface area contributed by atoms with Gasteiger partial charge in [0, 0.05) is 19.5 Å². The van der Waals surface area contributed by atoms with Crippen LogP contribution in [0.5, 0.6) is 5.75 Å². The van der Waals surface area contributed by atoms with E-state index in [2.05, 4.69) is 29.7 Å². The van der Waals surface area contributed by atoms with Gasteiger partial charge in [-0.15, -0.1) is 0 Å². The van der Waals surface area contributed by atoms with Crippen LogP contribution in [0.2, 0.25) is 0 Å². The van der Waals surface area contributed by atoms with Gasteiger partial charge in [-0.3, -0.25) is 4.79 Å². The lowest BCUT2D eigenvalue weighted by Crippen LogP contribution is -2.25. The number of carbonyl (C=O) groups is 1. The zero-order valence-corrected chi connectivity index (χ0v) is 14.6. The highest BCUT2D eigenvalue weighted by atomic mass is 16.5. The predicted molar refractivity (Wildman–Crippen MR) is 98.3 cm³/mol. The number of rotatable bonds is 8. The summed E-state index contributed by atoms with van der Waals surface area (Å²) in [6.07, 6.45) is 0.535. The maximum absolute atomic E-state index is 12.0. The van der Waals surface area contributed by atoms with Crippen molar-refractivity contribution in [2.45, 2.75) is 39.8 Å². The van der Waals surface area contributed by atoms with E-state index in [1.165, 1.54) is 5.56 Å². The van der Waals surface area contributed by atoms with Crippen molar-refractivity contribution < 1.29 is 9.53 Å². The van der Waals surface area contributed by atoms with Gasteiger partial charge < -0.3 is 15.4 Å². The first-order valence-electron chi connectivity index (χ1n) is 8.36. The maximum atomic E-state index is 12.0. The van der Waals surface area contributed by atoms with Crippen molar-refractivity contribution in [1.29, 1.82) is 0 Å². The van der Waals surface area contributed by atoms with Crippen LogP contribution in [0, 0.1) is 6.92 Å². The molecule has 0 bridgehead atoms. The average Bonchev–Trinajstić information content (AvgIpc) is 2.55. The van der Waals surface area contributed by atoms with E-state index in [0.29, 0.717) is 19.5 Å². The fourth-order valence-electron chi connectivity index (χ4n) is 2.28. The molecule has 0 aromatic heterocycles. The Morgan fingerprint density at radius 2 is 1.79 bits per heavy atom. The van der Waals surface area contributed by atoms with E-state index in [0.717, 1.165) is 17.0 Å². The quantitative estimate of drug-likeness (QED) is 0.773. The predicted octanol–water partition coefficient (Wildman–Crippen LogP) is 3.90. The minimum atomic E-state index is 0.0327. The zero-order chi connectivity index (χ0) is 17.4. The van der Waals surface area contributed by atoms with E-state index in [1.807, 2.05) is 50.2 Å². The lowest BCUT2D eigenvalue weighted by Gasteiger charge is -2.15. The fraction of sp³-hybridized carbons (Fsp3) is 0.350. The molecular weight excluding hydrogens is 300 g/mol. The van der Waals surface area contributed by atoms with Gasteiger partial charge in [0.25, 0.3) is 0 Å². The van der Waals surface area contributed by atoms with Crippen LogP contribution >= 0.6 is 0 Å². The van der Waals surface area contributed by atoms with Gasteiger partial charge in [-0.2, -0.15) is 0 Å². The normalized spacial score (nSPS) is 10.5. The molecule has 2 aromatic rings. The van der Waals surface area contributed by atoms with Gasteiger partial charge in [0.05, 0.1) is 11.8 Å². The smallest absolute Gasteiger partial charge is 0.222 e. The summed E-state index contributed by atoms with van der Waals surface area (Å²) in [7, 11) is 0. The molecule has 1 amide bonds. The first-order valence-corrected chi connectivity index (χ1v) is 8.36. The molecule has 0 aliphatic carbocycles. The number of hydrogen-bond acceptors (Lipinski definition) is 3. The molecular formula is C20H26N2O2. The van der Waals surface area contributed by atoms with Gasteiger partial charge in [-0.1, -0.05) is 42.0 Å². The van der Waals surface area contributed by atoms with Crippen LogP contribution in [-0.2, 0) is 11.3 Å². The van der Waals surface area contributed by atoms with E-state index in [9.17, 15) is 4.79 Å². The largest absolute Gasteiger partial charge is 0.489 e. The Bertz CT molecular complexity index is 651. The number of ether oxygens (including phenoxy) is 1. The third-order valence-electron chi connectivity index (χ3n) is 3.53. The maximum Gasteiger partial charge on any atom is 0.222 e. The average molecular weight is 326 g/mol. The van der Waals surface area contributed by atoms with Gasteiger partial charge in [0.15, 0.2) is 0 Å². The Hall–Kier alpha value is -2.49. The SMILES string of the molecule is Cc1ccc(CNC(=O)CCNc2ccccc2OC(C)C)cc1. The van der Waals surface area contributed by atoms with E-state index >= 15 is 0 Å². The van der Waals surface area contributed by atoms with Crippen molar-refractivity contribution in [2.24, 2.45) is 0 Å². The molecule has 4 nitrogen and oxygen atoms in total. The van der Waals surface area contributed by atoms with Crippen molar-refractivity contribution >= 4 is 11.6 Å². The second-order valence-electron chi connectivity index (χ2n) is 6.10. The molecule has 24 heavy (non-hydrogen) atoms. The molecule has 2 N–H and O–H groups in total. The highest BCUT2D eigenvalue weighted by molar-refractivity contribution is 5.76. The van der Waals surface area contributed by atoms with Crippen LogP contribution < -0.4 is 15.4 Å². The monoisotopic (exact) mass is 326 g/mol. The summed E-state index contributed by atoms with van der Waals surface area (Å²) in [5.74, 6) is 0.845. The molecule has 4 heteroatoms. The third-order valence-corrected chi connectivity index (χ3v) is 3.53. The molecule has 0 spiro atoms. The second kappa shape index (κ2) is 8.96. The number of benzene rings is 2. The number of aryl methyl sites for hydroxylation is 1. The van der Waals surface area contributed by atoms with Crippen molar-refractivity contribution in [3.8, 4) is 5.75 Å². The molecule has 0 aliphatic rings. The van der Waals surface area contributed by atoms with Gasteiger partial charge in [-0.25, -0.2) is 0 Å². The molecule has 128 valence electrons. The summed E-state index contributed by atoms with van der Waals surface area (Å²) in [5, 5.41) is 6.21. The molecule has 2 aromatic carbocycles. The minimum absolute atomic E-state index is 0.0327. The zero-order valence-electron chi connectivity index (χ0n) is 14.6. The summed E-state index contributed by atoms with van der Waals surface area (Å²) >= 11 is 0. The topological polar surface area (TPSA) is 50.4 Å². The van der Waals surface area contributed by atoms with E-state index in [4.69, 9.17) is 4.74 Å². The van der Waals surface area contributed by atoms with Gasteiger partial charge in [0.2, 0.25) is 5.91 Å². The summed E-state index contributed by atoms with van der Waals surface area (Å²) in [4.78, 5) is 12.0. The molecule has 0 saturated heterocycles. The number of nitrogens with one attached hydrogen (secondary N) is 2. The van der Waals surface area contributed by atoms with Crippen molar-refractivity contribution in [1.82, 2.24) is 5.32 Å². The third kappa shape index (κ3) is 5.95. The summed E-state index contributed by atoms with van der Waals surface area (Å²) in [5.41, 5.74) is 3.24. The lowest BCUT2D eigenvalue weighted by atomic mass is 10.1. The standard InChI is InChI=1S/C20H26N2O2/c1-15(2)24-19-7-5-4-6-18(19)21-13-12-20(23)22-14-17-10-8-16(3)9-11-17/h4-11,15,21H,12-14H2,1-3H3,(H,22,23). The van der Waals surface area contributed by atoms with E-state index in [1.54, 1.807) is 0 Å². The number of anilines is 1. The Morgan fingerprint density at radius 3 is 2.50 bits per heavy atom. The van der Waals surface area contributed by atoms with Crippen molar-refractivity contribution in [2.75, 3.05) is 11.9 Å². The Labute approximate surface area is 144 Å². The van der Waals surface area contributed by atoms with Crippen molar-refractivity contribution in [3.63, 3.8) is 0 Å². The number of para-hydroxylation sites is 2. The van der Waals surface area contributed by atoms with Crippen LogP contribution in [0.4, 0.5) is 5.69 Å². The molecule has 0 fully saturated rings. The van der Waals surface area contributed by atoms with E-state index in [-0.39, 0.29) is 12.0 Å². The summed E-state index contributed by atoms with van der Waals surface area (Å²) in [6, 6.07) is 16.0. The first-order chi connectivity index (χ1) is 11.5. The highest BCUT2D eigenvalue weighted by Crippen LogP contribution is 2.24. The molecule has 0 radical (unpaired) electrons. The highest BCUT2D eigenvalue weighted by Gasteiger charge is 2.06. The van der Waals surface area contributed by atoms with Gasteiger partial charge in [0.1, 0.15) is 5.75 Å². The molecule has 0 aliphatic heterocycles. The number of amides is 1. The Morgan fingerprint density at radius 1 is 1.08 bits per heavy atom. The van der Waals surface area contributed by atoms with Crippen LogP contribution in [-0.4, -0.2) is 18.6 Å². The fourth-order valence-corrected chi connectivity index (χ4v) is 2.28. The number of carbonyl (C=O) groups excluding carboxylic acids is 1. The first kappa shape index (κ1) is 17.9. The van der Waals surface area contributed by atoms with Crippen LogP contribution in [0.15, 0.2) is 48.5 Å². The minimum Gasteiger partial charge on any atom is -0.489 e. The van der Waals surface area contributed by atoms with E-state index < -0.39 is 0 Å². The van der Waals surface area contributed by atoms with Crippen LogP contribution in [0.1, 0.15) is 31.4 Å². The summed E-state index contributed by atoms with van der Waals surface area (Å²) in [6.45, 7) is 7.17. The molecule has 0 unspecified atom stereocenters. The second-order valence-corrected chi connectivity index (χ2v) is 6.10.